The van der Waals surface area contributed by atoms with Crippen molar-refractivity contribution in [1.29, 1.82) is 0 Å². The molecule has 6 nitrogen and oxygen atoms in total. The van der Waals surface area contributed by atoms with Crippen LogP contribution in [-0.2, 0) is 26.3 Å². The topological polar surface area (TPSA) is 80.8 Å². The Morgan fingerprint density at radius 2 is 1.68 bits per heavy atom. The summed E-state index contributed by atoms with van der Waals surface area (Å²) in [6.07, 6.45) is -3.39. The van der Waals surface area contributed by atoms with Gasteiger partial charge in [0, 0.05) is 35.6 Å². The van der Waals surface area contributed by atoms with Gasteiger partial charge in [-0.15, -0.1) is 13.2 Å². The summed E-state index contributed by atoms with van der Waals surface area (Å²) in [5, 5.41) is 0. The summed E-state index contributed by atoms with van der Waals surface area (Å²) in [6.45, 7) is 4.41. The Morgan fingerprint density at radius 3 is 2.21 bits per heavy atom. The molecule has 14 heteroatoms. The van der Waals surface area contributed by atoms with E-state index in [-0.39, 0.29) is 40.8 Å². The van der Waals surface area contributed by atoms with Gasteiger partial charge in [-0.25, -0.2) is 8.42 Å². The Labute approximate surface area is 223 Å². The number of halogens is 5. The number of carbonyl (C=O) groups is 1. The highest BCUT2D eigenvalue weighted by molar-refractivity contribution is 7.90. The Bertz CT molecular complexity index is 1260. The van der Waals surface area contributed by atoms with Crippen molar-refractivity contribution < 1.29 is 44.1 Å². The molecule has 1 heterocycles. The van der Waals surface area contributed by atoms with E-state index in [1.807, 2.05) is 13.8 Å². The fourth-order valence-electron chi connectivity index (χ4n) is 3.81. The zero-order valence-electron chi connectivity index (χ0n) is 20.9. The molecule has 2 atom stereocenters. The van der Waals surface area contributed by atoms with Gasteiger partial charge in [-0.05, 0) is 49.1 Å². The van der Waals surface area contributed by atoms with E-state index in [2.05, 4.69) is 4.74 Å². The van der Waals surface area contributed by atoms with Crippen molar-refractivity contribution in [1.82, 2.24) is 4.90 Å². The minimum Gasteiger partial charge on any atom is -0.406 e. The minimum atomic E-state index is -5.03. The number of piperidine rings is 1. The number of sulfone groups is 1. The first-order chi connectivity index (χ1) is 17.5. The van der Waals surface area contributed by atoms with Crippen LogP contribution < -0.4 is 4.74 Å². The average molecular weight is 602 g/mol. The minimum absolute atomic E-state index is 0.0769. The van der Waals surface area contributed by atoms with Gasteiger partial charge >= 0.3 is 6.36 Å². The second-order valence-electron chi connectivity index (χ2n) is 8.38. The lowest BCUT2D eigenvalue weighted by molar-refractivity contribution is -0.274. The average Bonchev–Trinajstić information content (AvgIpc) is 2.83. The summed E-state index contributed by atoms with van der Waals surface area (Å²) < 4.78 is 105. The molecule has 38 heavy (non-hydrogen) atoms. The number of benzene rings is 2. The normalized spacial score (nSPS) is 15.9. The van der Waals surface area contributed by atoms with Crippen LogP contribution in [0.2, 0.25) is 0 Å². The Hall–Kier alpha value is -2.11. The van der Waals surface area contributed by atoms with Crippen molar-refractivity contribution in [2.24, 2.45) is 5.92 Å². The predicted octanol–water partition coefficient (Wildman–Crippen LogP) is 5.60. The van der Waals surface area contributed by atoms with Crippen molar-refractivity contribution in [2.75, 3.05) is 25.1 Å². The smallest absolute Gasteiger partial charge is 0.406 e. The summed E-state index contributed by atoms with van der Waals surface area (Å²) in [4.78, 5) is 14.1. The molecule has 1 fully saturated rings. The highest BCUT2D eigenvalue weighted by Gasteiger charge is 2.33. The number of ether oxygens (including phenoxy) is 1. The molecule has 2 unspecified atom stereocenters. The van der Waals surface area contributed by atoms with Gasteiger partial charge in [-0.3, -0.25) is 9.00 Å². The molecule has 0 N–H and O–H groups in total. The van der Waals surface area contributed by atoms with Crippen LogP contribution in [0, 0.1) is 5.92 Å². The van der Waals surface area contributed by atoms with E-state index in [0.29, 0.717) is 18.9 Å². The molecule has 2 aromatic carbocycles. The number of alkyl halides is 5. The van der Waals surface area contributed by atoms with Gasteiger partial charge in [0.1, 0.15) is 5.75 Å². The molecule has 0 radical (unpaired) electrons. The van der Waals surface area contributed by atoms with Crippen LogP contribution in [-0.4, -0.2) is 54.9 Å². The van der Waals surface area contributed by atoms with Gasteiger partial charge < -0.3 is 9.64 Å². The molecule has 2 aromatic rings. The van der Waals surface area contributed by atoms with Gasteiger partial charge in [-0.1, -0.05) is 35.2 Å². The van der Waals surface area contributed by atoms with E-state index < -0.39 is 49.2 Å². The zero-order chi connectivity index (χ0) is 28.9. The molecule has 1 amide bonds. The summed E-state index contributed by atoms with van der Waals surface area (Å²) in [7, 11) is -4.17. The quantitative estimate of drug-likeness (QED) is 0.305. The maximum absolute atomic E-state index is 13.5. The lowest BCUT2D eigenvalue weighted by Gasteiger charge is -2.32. The van der Waals surface area contributed by atoms with E-state index in [9.17, 15) is 39.4 Å². The Kier molecular flexibility index (Phi) is 10.8. The van der Waals surface area contributed by atoms with Crippen molar-refractivity contribution >= 4 is 35.8 Å². The lowest BCUT2D eigenvalue weighted by atomic mass is 9.98. The number of nitrogens with zero attached hydrogens (tertiary/aromatic N) is 1. The number of rotatable bonds is 7. The molecule has 0 spiro atoms. The van der Waals surface area contributed by atoms with Crippen LogP contribution >= 0.6 is 9.24 Å². The van der Waals surface area contributed by atoms with Crippen LogP contribution in [0.25, 0.3) is 0 Å². The third-order valence-corrected chi connectivity index (χ3v) is 8.61. The number of hydrogen-bond acceptors (Lipinski definition) is 5. The number of hydrogen-bond donors (Lipinski definition) is 0. The number of carbonyl (C=O) groups excluding carboxylic acids is 1. The van der Waals surface area contributed by atoms with Crippen molar-refractivity contribution in [3.05, 3.63) is 53.6 Å². The van der Waals surface area contributed by atoms with Crippen molar-refractivity contribution in [2.45, 2.75) is 48.5 Å². The first-order valence-electron chi connectivity index (χ1n) is 11.6. The lowest BCUT2D eigenvalue weighted by Crippen LogP contribution is -2.40. The predicted molar refractivity (Wildman–Crippen MR) is 138 cm³/mol. The number of likely N-dealkylation sites (tertiary alicyclic amines) is 1. The molecular formula is C24H29F5NO5PS2. The molecule has 212 valence electrons. The van der Waals surface area contributed by atoms with E-state index >= 15 is 0 Å². The van der Waals surface area contributed by atoms with Crippen LogP contribution in [0.4, 0.5) is 22.0 Å². The summed E-state index contributed by atoms with van der Waals surface area (Å²) in [5.74, 6) is -1.30. The Balaban J connectivity index is 0.00000247. The van der Waals surface area contributed by atoms with Crippen molar-refractivity contribution in [3.8, 4) is 5.75 Å². The molecule has 1 aliphatic heterocycles. The van der Waals surface area contributed by atoms with Crippen LogP contribution in [0.1, 0.15) is 42.6 Å². The third-order valence-electron chi connectivity index (χ3n) is 5.59. The largest absolute Gasteiger partial charge is 0.573 e. The molecule has 3 rings (SSSR count). The summed E-state index contributed by atoms with van der Waals surface area (Å²) in [6, 6.07) is 7.87. The van der Waals surface area contributed by atoms with E-state index in [1.54, 1.807) is 0 Å². The van der Waals surface area contributed by atoms with Crippen molar-refractivity contribution in [3.63, 3.8) is 0 Å². The van der Waals surface area contributed by atoms with Gasteiger partial charge in [0.15, 0.2) is 9.84 Å². The fourth-order valence-corrected chi connectivity index (χ4v) is 6.32. The molecule has 0 bridgehead atoms. The zero-order valence-corrected chi connectivity index (χ0v) is 23.7. The molecule has 1 aliphatic rings. The first kappa shape index (κ1) is 32.1. The molecule has 0 saturated carbocycles. The summed E-state index contributed by atoms with van der Waals surface area (Å²) >= 11 is 0. The Morgan fingerprint density at radius 1 is 1.08 bits per heavy atom. The maximum Gasteiger partial charge on any atom is 0.573 e. The molecule has 0 aliphatic carbocycles. The van der Waals surface area contributed by atoms with Gasteiger partial charge in [-0.2, -0.15) is 8.78 Å². The molecule has 0 aromatic heterocycles. The maximum atomic E-state index is 13.5. The van der Waals surface area contributed by atoms with Crippen LogP contribution in [0.5, 0.6) is 5.75 Å². The van der Waals surface area contributed by atoms with E-state index in [1.165, 1.54) is 38.4 Å². The monoisotopic (exact) mass is 601 g/mol. The van der Waals surface area contributed by atoms with Gasteiger partial charge in [0.05, 0.1) is 21.3 Å². The second-order valence-corrected chi connectivity index (χ2v) is 12.6. The van der Waals surface area contributed by atoms with E-state index in [4.69, 9.17) is 0 Å². The highest BCUT2D eigenvalue weighted by Crippen LogP contribution is 2.35. The third kappa shape index (κ3) is 8.98. The standard InChI is InChI=1S/C22H23F5NO5PS2.C2H6/c1-36(31,32)19-12-16(33-22(25,26)27)5-6-18(19)20(29)28-9-7-14(8-10-28)13-35(30)17-4-2-3-15(11-17)21(23,24)34;1-2/h2-6,11-12,14H,7-10,13,34H2,1H3;1-2H3. The summed E-state index contributed by atoms with van der Waals surface area (Å²) in [5.41, 5.74) is -3.69. The molecular weight excluding hydrogens is 572 g/mol. The fraction of sp³-hybridized carbons (Fsp3) is 0.458. The van der Waals surface area contributed by atoms with Gasteiger partial charge in [0.25, 0.3) is 11.6 Å². The number of amides is 1. The van der Waals surface area contributed by atoms with Crippen LogP contribution in [0.3, 0.4) is 0 Å². The molecule has 1 saturated heterocycles. The first-order valence-corrected chi connectivity index (χ1v) is 15.4. The highest BCUT2D eigenvalue weighted by atomic mass is 32.2. The van der Waals surface area contributed by atoms with E-state index in [0.717, 1.165) is 18.4 Å². The second kappa shape index (κ2) is 12.8. The SMILES string of the molecule is CC.CS(=O)(=O)c1cc(OC(F)(F)F)ccc1C(=O)N1CCC(CS(=O)c2cccc(C(F)(F)P)c2)CC1. The van der Waals surface area contributed by atoms with Gasteiger partial charge in [0.2, 0.25) is 0 Å². The van der Waals surface area contributed by atoms with Crippen LogP contribution in [0.15, 0.2) is 52.3 Å².